The van der Waals surface area contributed by atoms with Crippen molar-refractivity contribution in [3.63, 3.8) is 0 Å². The van der Waals surface area contributed by atoms with E-state index in [0.29, 0.717) is 6.42 Å². The second-order valence-corrected chi connectivity index (χ2v) is 3.41. The quantitative estimate of drug-likeness (QED) is 0.290. The van der Waals surface area contributed by atoms with Crippen LogP contribution in [0.2, 0.25) is 0 Å². The first-order valence-corrected chi connectivity index (χ1v) is 5.54. The number of hydrogen-bond donors (Lipinski definition) is 0. The van der Waals surface area contributed by atoms with Gasteiger partial charge in [-0.3, -0.25) is 0 Å². The zero-order valence-electron chi connectivity index (χ0n) is 9.04. The summed E-state index contributed by atoms with van der Waals surface area (Å²) >= 11 is 0. The van der Waals surface area contributed by atoms with E-state index in [1.807, 2.05) is 6.08 Å². The fourth-order valence-corrected chi connectivity index (χ4v) is 1.20. The summed E-state index contributed by atoms with van der Waals surface area (Å²) in [5.74, 6) is 0. The number of ether oxygens (including phenoxy) is 1. The van der Waals surface area contributed by atoms with Crippen LogP contribution in [0, 0.1) is 0 Å². The summed E-state index contributed by atoms with van der Waals surface area (Å²) in [5, 5.41) is 0. The van der Waals surface area contributed by atoms with Gasteiger partial charge in [0, 0.05) is 19.6 Å². The summed E-state index contributed by atoms with van der Waals surface area (Å²) < 4.78 is 5.44. The molecule has 0 aliphatic heterocycles. The highest BCUT2D eigenvalue weighted by atomic mass is 16.5. The summed E-state index contributed by atoms with van der Waals surface area (Å²) in [7, 11) is 0. The van der Waals surface area contributed by atoms with E-state index < -0.39 is 0 Å². The van der Waals surface area contributed by atoms with Crippen LogP contribution in [0.25, 0.3) is 0 Å². The molecule has 0 radical (unpaired) electrons. The number of carbonyl (C=O) groups is 1. The van der Waals surface area contributed by atoms with Gasteiger partial charge < -0.3 is 9.53 Å². The average Bonchev–Trinajstić information content (AvgIpc) is 2.21. The lowest BCUT2D eigenvalue weighted by Crippen LogP contribution is -1.96. The average molecular weight is 198 g/mol. The molecule has 0 amide bonds. The van der Waals surface area contributed by atoms with Crippen LogP contribution in [0.4, 0.5) is 0 Å². The molecule has 0 heterocycles. The molecule has 0 saturated carbocycles. The molecule has 0 aromatic heterocycles. The minimum absolute atomic E-state index is 0.694. The normalized spacial score (nSPS) is 10.0. The number of allylic oxidation sites excluding steroid dienone is 1. The van der Waals surface area contributed by atoms with Crippen molar-refractivity contribution in [2.75, 3.05) is 13.2 Å². The second-order valence-electron chi connectivity index (χ2n) is 3.41. The van der Waals surface area contributed by atoms with Gasteiger partial charge in [0.1, 0.15) is 6.29 Å². The molecule has 0 saturated heterocycles. The van der Waals surface area contributed by atoms with Gasteiger partial charge in [-0.15, -0.1) is 6.58 Å². The minimum Gasteiger partial charge on any atom is -0.381 e. The Bertz CT molecular complexity index is 116. The Morgan fingerprint density at radius 3 is 2.21 bits per heavy atom. The third-order valence-corrected chi connectivity index (χ3v) is 2.06. The monoisotopic (exact) mass is 198 g/mol. The van der Waals surface area contributed by atoms with Crippen molar-refractivity contribution < 1.29 is 9.53 Å². The molecule has 0 spiro atoms. The molecule has 2 heteroatoms. The van der Waals surface area contributed by atoms with Crippen LogP contribution >= 0.6 is 0 Å². The molecule has 0 unspecified atom stereocenters. The zero-order valence-corrected chi connectivity index (χ0v) is 9.04. The fourth-order valence-electron chi connectivity index (χ4n) is 1.20. The van der Waals surface area contributed by atoms with Crippen LogP contribution in [0.3, 0.4) is 0 Å². The van der Waals surface area contributed by atoms with Gasteiger partial charge in [0.15, 0.2) is 0 Å². The number of carbonyl (C=O) groups excluding carboxylic acids is 1. The highest BCUT2D eigenvalue weighted by molar-refractivity contribution is 5.48. The van der Waals surface area contributed by atoms with Crippen molar-refractivity contribution in [1.29, 1.82) is 0 Å². The van der Waals surface area contributed by atoms with Crippen molar-refractivity contribution in [2.24, 2.45) is 0 Å². The maximum absolute atomic E-state index is 10.0. The Kier molecular flexibility index (Phi) is 11.8. The van der Waals surface area contributed by atoms with Gasteiger partial charge in [-0.05, 0) is 32.1 Å². The van der Waals surface area contributed by atoms with E-state index >= 15 is 0 Å². The smallest absolute Gasteiger partial charge is 0.119 e. The lowest BCUT2D eigenvalue weighted by molar-refractivity contribution is -0.107. The first-order valence-electron chi connectivity index (χ1n) is 5.54. The molecule has 0 aromatic rings. The molecule has 0 bridgehead atoms. The van der Waals surface area contributed by atoms with Gasteiger partial charge >= 0.3 is 0 Å². The molecule has 0 aliphatic rings. The molecule has 2 nitrogen and oxygen atoms in total. The van der Waals surface area contributed by atoms with Crippen LogP contribution in [0.1, 0.15) is 44.9 Å². The number of rotatable bonds is 11. The van der Waals surface area contributed by atoms with Crippen LogP contribution in [-0.4, -0.2) is 19.5 Å². The summed E-state index contributed by atoms with van der Waals surface area (Å²) in [6, 6.07) is 0. The van der Waals surface area contributed by atoms with E-state index in [4.69, 9.17) is 4.74 Å². The van der Waals surface area contributed by atoms with Crippen molar-refractivity contribution in [2.45, 2.75) is 44.9 Å². The summed E-state index contributed by atoms with van der Waals surface area (Å²) in [4.78, 5) is 10.0. The predicted molar refractivity (Wildman–Crippen MR) is 59.4 cm³/mol. The third kappa shape index (κ3) is 11.4. The van der Waals surface area contributed by atoms with Crippen LogP contribution in [-0.2, 0) is 9.53 Å². The molecule has 0 rings (SSSR count). The van der Waals surface area contributed by atoms with Gasteiger partial charge in [-0.25, -0.2) is 0 Å². The lowest BCUT2D eigenvalue weighted by Gasteiger charge is -2.02. The zero-order chi connectivity index (χ0) is 10.5. The summed E-state index contributed by atoms with van der Waals surface area (Å²) in [6.07, 6.45) is 10.2. The third-order valence-electron chi connectivity index (χ3n) is 2.06. The van der Waals surface area contributed by atoms with Gasteiger partial charge in [0.25, 0.3) is 0 Å². The molecule has 0 aromatic carbocycles. The molecule has 0 aliphatic carbocycles. The van der Waals surface area contributed by atoms with Crippen molar-refractivity contribution in [3.8, 4) is 0 Å². The van der Waals surface area contributed by atoms with Crippen LogP contribution in [0.15, 0.2) is 12.7 Å². The molecule has 82 valence electrons. The van der Waals surface area contributed by atoms with Crippen LogP contribution in [0.5, 0.6) is 0 Å². The predicted octanol–water partition coefficient (Wildman–Crippen LogP) is 3.12. The first kappa shape index (κ1) is 13.4. The molecular formula is C12H22O2. The molecule has 0 N–H and O–H groups in total. The number of hydrogen-bond acceptors (Lipinski definition) is 2. The SMILES string of the molecule is C=CCCCCOCCCCCC=O. The van der Waals surface area contributed by atoms with Crippen molar-refractivity contribution >= 4 is 6.29 Å². The maximum Gasteiger partial charge on any atom is 0.119 e. The maximum atomic E-state index is 10.0. The van der Waals surface area contributed by atoms with E-state index in [9.17, 15) is 4.79 Å². The highest BCUT2D eigenvalue weighted by Gasteiger charge is 1.90. The summed E-state index contributed by atoms with van der Waals surface area (Å²) in [6.45, 7) is 5.37. The standard InChI is InChI=1S/C12H22O2/c1-2-3-4-8-11-14-12-9-6-5-7-10-13/h2,10H,1,3-9,11-12H2. The molecule has 14 heavy (non-hydrogen) atoms. The van der Waals surface area contributed by atoms with E-state index in [2.05, 4.69) is 6.58 Å². The topological polar surface area (TPSA) is 26.3 Å². The largest absolute Gasteiger partial charge is 0.381 e. The Morgan fingerprint density at radius 2 is 1.57 bits per heavy atom. The van der Waals surface area contributed by atoms with E-state index in [-0.39, 0.29) is 0 Å². The number of aldehydes is 1. The van der Waals surface area contributed by atoms with E-state index in [1.165, 1.54) is 6.42 Å². The minimum atomic E-state index is 0.694. The van der Waals surface area contributed by atoms with Gasteiger partial charge in [0.2, 0.25) is 0 Å². The molecule has 0 atom stereocenters. The molecular weight excluding hydrogens is 176 g/mol. The Balaban J connectivity index is 2.84. The Hall–Kier alpha value is -0.630. The van der Waals surface area contributed by atoms with E-state index in [0.717, 1.165) is 51.6 Å². The van der Waals surface area contributed by atoms with E-state index in [1.54, 1.807) is 0 Å². The lowest BCUT2D eigenvalue weighted by atomic mass is 10.2. The Morgan fingerprint density at radius 1 is 0.929 bits per heavy atom. The molecule has 0 fully saturated rings. The highest BCUT2D eigenvalue weighted by Crippen LogP contribution is 2.00. The van der Waals surface area contributed by atoms with Gasteiger partial charge in [-0.1, -0.05) is 12.5 Å². The Labute approximate surface area is 87.3 Å². The summed E-state index contributed by atoms with van der Waals surface area (Å²) in [5.41, 5.74) is 0. The van der Waals surface area contributed by atoms with Crippen LogP contribution < -0.4 is 0 Å². The number of unbranched alkanes of at least 4 members (excludes halogenated alkanes) is 5. The van der Waals surface area contributed by atoms with Gasteiger partial charge in [0.05, 0.1) is 0 Å². The van der Waals surface area contributed by atoms with Crippen molar-refractivity contribution in [1.82, 2.24) is 0 Å². The first-order chi connectivity index (χ1) is 6.91. The van der Waals surface area contributed by atoms with Crippen molar-refractivity contribution in [3.05, 3.63) is 12.7 Å². The fraction of sp³-hybridized carbons (Fsp3) is 0.750. The van der Waals surface area contributed by atoms with Gasteiger partial charge in [-0.2, -0.15) is 0 Å². The second kappa shape index (κ2) is 12.4.